The van der Waals surface area contributed by atoms with Crippen LogP contribution < -0.4 is 9.80 Å². The van der Waals surface area contributed by atoms with Crippen molar-refractivity contribution in [1.82, 2.24) is 9.97 Å². The van der Waals surface area contributed by atoms with Crippen molar-refractivity contribution in [2.24, 2.45) is 0 Å². The number of thiophene rings is 1. The van der Waals surface area contributed by atoms with Crippen molar-refractivity contribution in [3.63, 3.8) is 0 Å². The molecule has 4 nitrogen and oxygen atoms in total. The number of allylic oxidation sites excluding steroid dienone is 4. The maximum atomic E-state index is 6.36. The molecular formula is C29H23ClN4S. The lowest BCUT2D eigenvalue weighted by molar-refractivity contribution is 0.870. The predicted octanol–water partition coefficient (Wildman–Crippen LogP) is 7.98. The Morgan fingerprint density at radius 1 is 1.03 bits per heavy atom. The van der Waals surface area contributed by atoms with Crippen LogP contribution in [0.3, 0.4) is 0 Å². The van der Waals surface area contributed by atoms with Gasteiger partial charge >= 0.3 is 0 Å². The lowest BCUT2D eigenvalue weighted by Gasteiger charge is -2.41. The molecule has 1 aromatic carbocycles. The highest BCUT2D eigenvalue weighted by atomic mass is 35.5. The average Bonchev–Trinajstić information content (AvgIpc) is 3.31. The van der Waals surface area contributed by atoms with Crippen LogP contribution in [0.25, 0.3) is 22.0 Å². The maximum absolute atomic E-state index is 6.36. The van der Waals surface area contributed by atoms with Crippen LogP contribution >= 0.6 is 22.9 Å². The molecule has 0 saturated heterocycles. The lowest BCUT2D eigenvalue weighted by atomic mass is 10.1. The van der Waals surface area contributed by atoms with Gasteiger partial charge < -0.3 is 4.90 Å². The molecule has 35 heavy (non-hydrogen) atoms. The number of rotatable bonds is 6. The van der Waals surface area contributed by atoms with Gasteiger partial charge in [0.05, 0.1) is 34.7 Å². The first kappa shape index (κ1) is 22.8. The summed E-state index contributed by atoms with van der Waals surface area (Å²) in [6.07, 6.45) is 11.0. The minimum absolute atomic E-state index is 0.460. The maximum Gasteiger partial charge on any atom is 0.111 e. The molecule has 0 unspecified atom stereocenters. The Balaban J connectivity index is 1.70. The molecule has 4 aromatic rings. The molecule has 0 aliphatic carbocycles. The fourth-order valence-corrected chi connectivity index (χ4v) is 5.67. The van der Waals surface area contributed by atoms with E-state index in [1.54, 1.807) is 23.6 Å². The van der Waals surface area contributed by atoms with Crippen LogP contribution in [0.4, 0.5) is 11.4 Å². The third kappa shape index (κ3) is 4.09. The van der Waals surface area contributed by atoms with E-state index in [4.69, 9.17) is 11.6 Å². The second-order valence-electron chi connectivity index (χ2n) is 8.07. The number of fused-ring (bicyclic) bond motifs is 2. The van der Waals surface area contributed by atoms with E-state index in [0.29, 0.717) is 11.6 Å². The van der Waals surface area contributed by atoms with Crippen LogP contribution in [0.5, 0.6) is 0 Å². The molecule has 0 saturated carbocycles. The standard InChI is InChI=1S/C29H23ClN4S/c1-5-9-24(19(2)30)28-14-26-29(35-28)20(3)34(21(4)33(26)18-22-10-8-13-31-15-22)27-17-32-16-23-11-6-7-12-25(23)27/h5-17H,1-4,18H2/b24-9+. The SMILES string of the molecule is C=C/C=C(\C(=C)Cl)c1cc2c(s1)C(=C)N(c1cncc3ccccc13)C(=C)N2Cc1cccnc1. The zero-order chi connectivity index (χ0) is 24.5. The van der Waals surface area contributed by atoms with E-state index in [-0.39, 0.29) is 0 Å². The predicted molar refractivity (Wildman–Crippen MR) is 150 cm³/mol. The van der Waals surface area contributed by atoms with Gasteiger partial charge in [0.2, 0.25) is 0 Å². The van der Waals surface area contributed by atoms with Gasteiger partial charge in [0.25, 0.3) is 0 Å². The summed E-state index contributed by atoms with van der Waals surface area (Å²) in [5.74, 6) is 0.785. The number of anilines is 2. The van der Waals surface area contributed by atoms with E-state index in [1.807, 2.05) is 42.9 Å². The van der Waals surface area contributed by atoms with Crippen molar-refractivity contribution in [3.05, 3.63) is 132 Å². The van der Waals surface area contributed by atoms with Gasteiger partial charge in [-0.3, -0.25) is 14.9 Å². The van der Waals surface area contributed by atoms with Crippen molar-refractivity contribution >= 4 is 56.4 Å². The Morgan fingerprint density at radius 2 is 1.86 bits per heavy atom. The number of hydrogen-bond acceptors (Lipinski definition) is 5. The molecule has 0 spiro atoms. The van der Waals surface area contributed by atoms with Crippen molar-refractivity contribution in [1.29, 1.82) is 0 Å². The quantitative estimate of drug-likeness (QED) is 0.254. The second-order valence-corrected chi connectivity index (χ2v) is 9.58. The molecule has 0 N–H and O–H groups in total. The van der Waals surface area contributed by atoms with Gasteiger partial charge in [-0.1, -0.05) is 80.4 Å². The first-order valence-electron chi connectivity index (χ1n) is 11.0. The first-order chi connectivity index (χ1) is 17.0. The van der Waals surface area contributed by atoms with Crippen LogP contribution in [0.2, 0.25) is 0 Å². The van der Waals surface area contributed by atoms with E-state index < -0.39 is 0 Å². The molecule has 0 atom stereocenters. The molecule has 1 aliphatic rings. The highest BCUT2D eigenvalue weighted by molar-refractivity contribution is 7.15. The summed E-state index contributed by atoms with van der Waals surface area (Å²) in [6, 6.07) is 14.3. The van der Waals surface area contributed by atoms with Gasteiger partial charge in [-0.15, -0.1) is 11.3 Å². The van der Waals surface area contributed by atoms with Crippen molar-refractivity contribution in [3.8, 4) is 0 Å². The number of nitrogens with zero attached hydrogens (tertiary/aromatic N) is 4. The smallest absolute Gasteiger partial charge is 0.111 e. The van der Waals surface area contributed by atoms with E-state index in [9.17, 15) is 0 Å². The minimum Gasteiger partial charge on any atom is -0.322 e. The van der Waals surface area contributed by atoms with E-state index >= 15 is 0 Å². The summed E-state index contributed by atoms with van der Waals surface area (Å²) in [6.45, 7) is 17.4. The van der Waals surface area contributed by atoms with Crippen molar-refractivity contribution in [2.75, 3.05) is 9.80 Å². The number of benzene rings is 1. The number of hydrogen-bond donors (Lipinski definition) is 0. The zero-order valence-electron chi connectivity index (χ0n) is 19.1. The number of aromatic nitrogens is 2. The fraction of sp³-hybridized carbons (Fsp3) is 0.0345. The molecular weight excluding hydrogens is 472 g/mol. The van der Waals surface area contributed by atoms with Crippen molar-refractivity contribution in [2.45, 2.75) is 6.54 Å². The molecule has 172 valence electrons. The highest BCUT2D eigenvalue weighted by Crippen LogP contribution is 2.49. The molecule has 0 fully saturated rings. The van der Waals surface area contributed by atoms with E-state index in [2.05, 4.69) is 70.3 Å². The summed E-state index contributed by atoms with van der Waals surface area (Å²) in [4.78, 5) is 15.1. The molecule has 0 radical (unpaired) electrons. The van der Waals surface area contributed by atoms with Gasteiger partial charge in [0.1, 0.15) is 5.82 Å². The minimum atomic E-state index is 0.460. The van der Waals surface area contributed by atoms with Gasteiger partial charge in [-0.25, -0.2) is 0 Å². The Morgan fingerprint density at radius 3 is 2.60 bits per heavy atom. The lowest BCUT2D eigenvalue weighted by Crippen LogP contribution is -2.37. The topological polar surface area (TPSA) is 32.3 Å². The summed E-state index contributed by atoms with van der Waals surface area (Å²) >= 11 is 7.98. The number of halogens is 1. The third-order valence-electron chi connectivity index (χ3n) is 5.90. The average molecular weight is 495 g/mol. The van der Waals surface area contributed by atoms with Gasteiger partial charge in [0.15, 0.2) is 0 Å². The highest BCUT2D eigenvalue weighted by Gasteiger charge is 2.33. The summed E-state index contributed by atoms with van der Waals surface area (Å²) < 4.78 is 0. The molecule has 4 heterocycles. The van der Waals surface area contributed by atoms with Crippen LogP contribution in [0, 0.1) is 0 Å². The Hall–Kier alpha value is -3.93. The monoisotopic (exact) mass is 494 g/mol. The number of pyridine rings is 2. The van der Waals surface area contributed by atoms with Gasteiger partial charge in [0, 0.05) is 44.8 Å². The summed E-state index contributed by atoms with van der Waals surface area (Å²) in [5, 5.41) is 2.59. The van der Waals surface area contributed by atoms with Gasteiger partial charge in [-0.2, -0.15) is 0 Å². The van der Waals surface area contributed by atoms with Crippen LogP contribution in [-0.2, 0) is 6.54 Å². The van der Waals surface area contributed by atoms with E-state index in [1.165, 1.54) is 0 Å². The molecule has 6 heteroatoms. The Labute approximate surface area is 214 Å². The Kier molecular flexibility index (Phi) is 6.12. The summed E-state index contributed by atoms with van der Waals surface area (Å²) in [7, 11) is 0. The first-order valence-corrected chi connectivity index (χ1v) is 12.2. The summed E-state index contributed by atoms with van der Waals surface area (Å²) in [5.41, 5.74) is 4.68. The molecule has 5 rings (SSSR count). The zero-order valence-corrected chi connectivity index (χ0v) is 20.7. The van der Waals surface area contributed by atoms with Crippen molar-refractivity contribution < 1.29 is 0 Å². The molecule has 0 amide bonds. The third-order valence-corrected chi connectivity index (χ3v) is 7.31. The molecule has 1 aliphatic heterocycles. The Bertz CT molecular complexity index is 1510. The molecule has 0 bridgehead atoms. The second kappa shape index (κ2) is 9.37. The van der Waals surface area contributed by atoms with E-state index in [0.717, 1.165) is 54.6 Å². The van der Waals surface area contributed by atoms with Gasteiger partial charge in [-0.05, 0) is 17.7 Å². The van der Waals surface area contributed by atoms with Crippen LogP contribution in [0.15, 0.2) is 117 Å². The fourth-order valence-electron chi connectivity index (χ4n) is 4.28. The largest absolute Gasteiger partial charge is 0.322 e. The van der Waals surface area contributed by atoms with Crippen LogP contribution in [-0.4, -0.2) is 9.97 Å². The molecule has 3 aromatic heterocycles. The van der Waals surface area contributed by atoms with Crippen LogP contribution in [0.1, 0.15) is 15.3 Å². The normalized spacial score (nSPS) is 13.8.